The highest BCUT2D eigenvalue weighted by atomic mass is 16.1. The van der Waals surface area contributed by atoms with E-state index in [4.69, 9.17) is 5.73 Å². The number of likely N-dealkylation sites (tertiary alicyclic amines) is 1. The smallest absolute Gasteiger partial charge is 0.216 e. The Morgan fingerprint density at radius 3 is 2.55 bits per heavy atom. The van der Waals surface area contributed by atoms with Crippen LogP contribution in [0.4, 0.5) is 0 Å². The molecule has 0 bridgehead atoms. The molecule has 3 N–H and O–H groups in total. The van der Waals surface area contributed by atoms with E-state index < -0.39 is 0 Å². The van der Waals surface area contributed by atoms with Gasteiger partial charge in [0, 0.05) is 26.6 Å². The Labute approximate surface area is 121 Å². The van der Waals surface area contributed by atoms with Crippen molar-refractivity contribution in [3.63, 3.8) is 0 Å². The number of carbonyl (C=O) groups is 1. The Morgan fingerprint density at radius 2 is 1.95 bits per heavy atom. The van der Waals surface area contributed by atoms with Crippen molar-refractivity contribution in [3.8, 4) is 0 Å². The van der Waals surface area contributed by atoms with Gasteiger partial charge in [0.2, 0.25) is 5.91 Å². The summed E-state index contributed by atoms with van der Waals surface area (Å²) in [6, 6.07) is 8.41. The number of rotatable bonds is 5. The van der Waals surface area contributed by atoms with Gasteiger partial charge in [-0.2, -0.15) is 0 Å². The molecule has 0 unspecified atom stereocenters. The maximum atomic E-state index is 10.9. The number of piperidine rings is 1. The van der Waals surface area contributed by atoms with E-state index in [1.54, 1.807) is 6.92 Å². The summed E-state index contributed by atoms with van der Waals surface area (Å²) in [6.45, 7) is 6.20. The fourth-order valence-electron chi connectivity index (χ4n) is 2.79. The molecule has 0 radical (unpaired) electrons. The first-order valence-electron chi connectivity index (χ1n) is 7.42. The topological polar surface area (TPSA) is 58.4 Å². The van der Waals surface area contributed by atoms with Gasteiger partial charge in [-0.25, -0.2) is 0 Å². The summed E-state index contributed by atoms with van der Waals surface area (Å²) in [5.41, 5.74) is 8.37. The Balaban J connectivity index is 1.81. The van der Waals surface area contributed by atoms with Crippen LogP contribution in [0.5, 0.6) is 0 Å². The Bertz CT molecular complexity index is 439. The molecule has 1 saturated heterocycles. The number of hydrogen-bond acceptors (Lipinski definition) is 3. The molecule has 0 atom stereocenters. The van der Waals surface area contributed by atoms with Gasteiger partial charge in [-0.3, -0.25) is 9.69 Å². The van der Waals surface area contributed by atoms with Crippen molar-refractivity contribution < 1.29 is 4.79 Å². The minimum Gasteiger partial charge on any atom is -0.356 e. The summed E-state index contributed by atoms with van der Waals surface area (Å²) in [7, 11) is 0. The van der Waals surface area contributed by atoms with Crippen molar-refractivity contribution in [2.24, 2.45) is 11.7 Å². The van der Waals surface area contributed by atoms with Gasteiger partial charge in [0.25, 0.3) is 0 Å². The molecule has 1 aromatic rings. The van der Waals surface area contributed by atoms with Gasteiger partial charge in [0.1, 0.15) is 0 Å². The molecular weight excluding hydrogens is 250 g/mol. The van der Waals surface area contributed by atoms with Gasteiger partial charge < -0.3 is 11.1 Å². The standard InChI is InChI=1S/C16H25N3O/c1-13(20)18-11-14-6-8-19(9-7-14)12-16-5-3-2-4-15(16)10-17/h2-5,14H,6-12,17H2,1H3,(H,18,20). The van der Waals surface area contributed by atoms with Crippen LogP contribution in [0.2, 0.25) is 0 Å². The van der Waals surface area contributed by atoms with Crippen LogP contribution in [-0.4, -0.2) is 30.4 Å². The average Bonchev–Trinajstić information content (AvgIpc) is 2.47. The highest BCUT2D eigenvalue weighted by molar-refractivity contribution is 5.72. The third-order valence-corrected chi connectivity index (χ3v) is 4.08. The molecule has 0 aliphatic carbocycles. The number of nitrogens with one attached hydrogen (secondary N) is 1. The van der Waals surface area contributed by atoms with E-state index in [0.29, 0.717) is 12.5 Å². The maximum absolute atomic E-state index is 10.9. The summed E-state index contributed by atoms with van der Waals surface area (Å²) < 4.78 is 0. The van der Waals surface area contributed by atoms with E-state index in [1.807, 2.05) is 6.07 Å². The van der Waals surface area contributed by atoms with E-state index in [1.165, 1.54) is 11.1 Å². The SMILES string of the molecule is CC(=O)NCC1CCN(Cc2ccccc2CN)CC1. The van der Waals surface area contributed by atoms with Crippen LogP contribution in [0.15, 0.2) is 24.3 Å². The summed E-state index contributed by atoms with van der Waals surface area (Å²) in [4.78, 5) is 13.4. The molecule has 0 aromatic heterocycles. The van der Waals surface area contributed by atoms with Crippen LogP contribution < -0.4 is 11.1 Å². The average molecular weight is 275 g/mol. The summed E-state index contributed by atoms with van der Waals surface area (Å²) in [5.74, 6) is 0.698. The van der Waals surface area contributed by atoms with E-state index in [0.717, 1.165) is 39.0 Å². The Morgan fingerprint density at radius 1 is 1.30 bits per heavy atom. The molecular formula is C16H25N3O. The van der Waals surface area contributed by atoms with E-state index in [2.05, 4.69) is 28.4 Å². The zero-order valence-electron chi connectivity index (χ0n) is 12.3. The number of nitrogens with zero attached hydrogens (tertiary/aromatic N) is 1. The van der Waals surface area contributed by atoms with Crippen molar-refractivity contribution >= 4 is 5.91 Å². The molecule has 1 heterocycles. The van der Waals surface area contributed by atoms with Crippen molar-refractivity contribution in [3.05, 3.63) is 35.4 Å². The zero-order valence-corrected chi connectivity index (χ0v) is 12.3. The molecule has 0 saturated carbocycles. The van der Waals surface area contributed by atoms with Crippen molar-refractivity contribution in [1.82, 2.24) is 10.2 Å². The lowest BCUT2D eigenvalue weighted by atomic mass is 9.96. The van der Waals surface area contributed by atoms with Crippen molar-refractivity contribution in [1.29, 1.82) is 0 Å². The predicted molar refractivity (Wildman–Crippen MR) is 81.0 cm³/mol. The number of carbonyl (C=O) groups excluding carboxylic acids is 1. The first-order chi connectivity index (χ1) is 9.69. The summed E-state index contributed by atoms with van der Waals surface area (Å²) >= 11 is 0. The highest BCUT2D eigenvalue weighted by Gasteiger charge is 2.19. The molecule has 1 amide bonds. The fraction of sp³-hybridized carbons (Fsp3) is 0.562. The molecule has 1 aliphatic heterocycles. The van der Waals surface area contributed by atoms with Gasteiger partial charge in [0.05, 0.1) is 0 Å². The van der Waals surface area contributed by atoms with Crippen LogP contribution in [0, 0.1) is 5.92 Å². The van der Waals surface area contributed by atoms with Crippen LogP contribution in [-0.2, 0) is 17.9 Å². The third-order valence-electron chi connectivity index (χ3n) is 4.08. The first-order valence-corrected chi connectivity index (χ1v) is 7.42. The lowest BCUT2D eigenvalue weighted by Crippen LogP contribution is -2.38. The third kappa shape index (κ3) is 4.32. The molecule has 2 rings (SSSR count). The predicted octanol–water partition coefficient (Wildman–Crippen LogP) is 1.49. The number of amides is 1. The van der Waals surface area contributed by atoms with Gasteiger partial charge in [0.15, 0.2) is 0 Å². The van der Waals surface area contributed by atoms with Gasteiger partial charge in [-0.1, -0.05) is 24.3 Å². The second kappa shape index (κ2) is 7.41. The molecule has 1 fully saturated rings. The maximum Gasteiger partial charge on any atom is 0.216 e. The van der Waals surface area contributed by atoms with Crippen LogP contribution >= 0.6 is 0 Å². The first kappa shape index (κ1) is 15.0. The summed E-state index contributed by atoms with van der Waals surface area (Å²) in [6.07, 6.45) is 2.32. The highest BCUT2D eigenvalue weighted by Crippen LogP contribution is 2.19. The number of benzene rings is 1. The van der Waals surface area contributed by atoms with E-state index in [9.17, 15) is 4.79 Å². The van der Waals surface area contributed by atoms with Crippen LogP contribution in [0.1, 0.15) is 30.9 Å². The molecule has 4 heteroatoms. The second-order valence-electron chi connectivity index (χ2n) is 5.63. The second-order valence-corrected chi connectivity index (χ2v) is 5.63. The van der Waals surface area contributed by atoms with Crippen molar-refractivity contribution in [2.45, 2.75) is 32.9 Å². The Kier molecular flexibility index (Phi) is 5.56. The normalized spacial score (nSPS) is 17.1. The molecule has 1 aliphatic rings. The largest absolute Gasteiger partial charge is 0.356 e. The van der Waals surface area contributed by atoms with Gasteiger partial charge >= 0.3 is 0 Å². The monoisotopic (exact) mass is 275 g/mol. The molecule has 110 valence electrons. The van der Waals surface area contributed by atoms with Crippen LogP contribution in [0.3, 0.4) is 0 Å². The minimum absolute atomic E-state index is 0.0734. The lowest BCUT2D eigenvalue weighted by Gasteiger charge is -2.32. The molecule has 0 spiro atoms. The lowest BCUT2D eigenvalue weighted by molar-refractivity contribution is -0.119. The van der Waals surface area contributed by atoms with Crippen LogP contribution in [0.25, 0.3) is 0 Å². The zero-order chi connectivity index (χ0) is 14.4. The van der Waals surface area contributed by atoms with Gasteiger partial charge in [-0.15, -0.1) is 0 Å². The quantitative estimate of drug-likeness (QED) is 0.856. The molecule has 20 heavy (non-hydrogen) atoms. The minimum atomic E-state index is 0.0734. The Hall–Kier alpha value is -1.39. The fourth-order valence-corrected chi connectivity index (χ4v) is 2.79. The van der Waals surface area contributed by atoms with Crippen molar-refractivity contribution in [2.75, 3.05) is 19.6 Å². The number of nitrogens with two attached hydrogens (primary N) is 1. The van der Waals surface area contributed by atoms with E-state index in [-0.39, 0.29) is 5.91 Å². The summed E-state index contributed by atoms with van der Waals surface area (Å²) in [5, 5.41) is 2.92. The van der Waals surface area contributed by atoms with Gasteiger partial charge in [-0.05, 0) is 43.0 Å². The number of hydrogen-bond donors (Lipinski definition) is 2. The molecule has 1 aromatic carbocycles. The molecule has 4 nitrogen and oxygen atoms in total. The van der Waals surface area contributed by atoms with E-state index >= 15 is 0 Å².